The van der Waals surface area contributed by atoms with Crippen LogP contribution in [-0.2, 0) is 19.9 Å². The average molecular weight is 532 g/mol. The van der Waals surface area contributed by atoms with Crippen molar-refractivity contribution in [3.63, 3.8) is 0 Å². The Labute approximate surface area is 219 Å². The van der Waals surface area contributed by atoms with E-state index in [-0.39, 0.29) is 43.0 Å². The number of halogens is 3. The summed E-state index contributed by atoms with van der Waals surface area (Å²) in [4.78, 5) is 27.4. The quantitative estimate of drug-likeness (QED) is 0.598. The number of nitrogens with one attached hydrogen (secondary N) is 2. The molecule has 3 saturated heterocycles. The summed E-state index contributed by atoms with van der Waals surface area (Å²) in [5.74, 6) is -0.553. The lowest BCUT2D eigenvalue weighted by Gasteiger charge is -2.50. The van der Waals surface area contributed by atoms with Crippen LogP contribution in [-0.4, -0.2) is 68.8 Å². The first-order valence-corrected chi connectivity index (χ1v) is 12.9. The number of rotatable bonds is 6. The summed E-state index contributed by atoms with van der Waals surface area (Å²) in [7, 11) is 0.917. The standard InChI is InChI=1S/C28H32F3N3O4/c1-37-27(28(29,30)31,19-7-3-2-4-8-19)25(36)34-13-11-26(12-14-34)15-24(35)33-18-22(26)21-9-5-6-10-23(21)38-20-16-32-17-20/h2-10,20,22,32H,11-18H2,1H3,(H,33,35)/t22?,27-/m1/s1. The van der Waals surface area contributed by atoms with Crippen LogP contribution in [0.4, 0.5) is 13.2 Å². The van der Waals surface area contributed by atoms with Crippen LogP contribution in [0.25, 0.3) is 0 Å². The summed E-state index contributed by atoms with van der Waals surface area (Å²) in [6.07, 6.45) is -3.86. The molecule has 2 amide bonds. The Bertz CT molecular complexity index is 1160. The summed E-state index contributed by atoms with van der Waals surface area (Å²) in [5.41, 5.74) is -2.88. The molecule has 1 unspecified atom stereocenters. The number of methoxy groups -OCH3 is 1. The molecule has 2 N–H and O–H groups in total. The third kappa shape index (κ3) is 4.53. The number of likely N-dealkylation sites (tertiary alicyclic amines) is 1. The fourth-order valence-corrected chi connectivity index (χ4v) is 6.08. The molecule has 38 heavy (non-hydrogen) atoms. The van der Waals surface area contributed by atoms with E-state index in [0.29, 0.717) is 19.4 Å². The van der Waals surface area contributed by atoms with Crippen LogP contribution in [0, 0.1) is 5.41 Å². The van der Waals surface area contributed by atoms with E-state index in [0.717, 1.165) is 31.5 Å². The number of hydrogen-bond donors (Lipinski definition) is 2. The molecule has 10 heteroatoms. The molecular formula is C28H32F3N3O4. The molecule has 0 aliphatic carbocycles. The molecule has 3 fully saturated rings. The van der Waals surface area contributed by atoms with Gasteiger partial charge >= 0.3 is 6.18 Å². The second-order valence-electron chi connectivity index (χ2n) is 10.4. The summed E-state index contributed by atoms with van der Waals surface area (Å²) >= 11 is 0. The lowest BCUT2D eigenvalue weighted by atomic mass is 9.62. The molecule has 0 aromatic heterocycles. The minimum Gasteiger partial charge on any atom is -0.487 e. The Morgan fingerprint density at radius 1 is 1.00 bits per heavy atom. The Kier molecular flexibility index (Phi) is 7.13. The fourth-order valence-electron chi connectivity index (χ4n) is 6.08. The molecule has 0 saturated carbocycles. The second-order valence-corrected chi connectivity index (χ2v) is 10.4. The van der Waals surface area contributed by atoms with Crippen molar-refractivity contribution in [2.24, 2.45) is 5.41 Å². The number of hydrogen-bond acceptors (Lipinski definition) is 5. The van der Waals surface area contributed by atoms with Crippen molar-refractivity contribution < 1.29 is 32.2 Å². The molecule has 3 aliphatic heterocycles. The molecule has 7 nitrogen and oxygen atoms in total. The zero-order valence-electron chi connectivity index (χ0n) is 21.2. The Morgan fingerprint density at radius 3 is 2.26 bits per heavy atom. The Morgan fingerprint density at radius 2 is 1.66 bits per heavy atom. The van der Waals surface area contributed by atoms with Crippen molar-refractivity contribution in [2.75, 3.05) is 39.8 Å². The van der Waals surface area contributed by atoms with Crippen molar-refractivity contribution in [3.8, 4) is 5.75 Å². The first-order valence-electron chi connectivity index (χ1n) is 12.9. The number of alkyl halides is 3. The van der Waals surface area contributed by atoms with Gasteiger partial charge in [-0.25, -0.2) is 0 Å². The lowest BCUT2D eigenvalue weighted by Crippen LogP contribution is -2.60. The smallest absolute Gasteiger partial charge is 0.430 e. The van der Waals surface area contributed by atoms with Gasteiger partial charge in [-0.3, -0.25) is 9.59 Å². The number of amides is 2. The maximum atomic E-state index is 14.5. The zero-order chi connectivity index (χ0) is 27.0. The molecular weight excluding hydrogens is 499 g/mol. The van der Waals surface area contributed by atoms with E-state index in [9.17, 15) is 22.8 Å². The molecule has 2 aromatic rings. The third-order valence-electron chi connectivity index (χ3n) is 8.32. The summed E-state index contributed by atoms with van der Waals surface area (Å²) in [6, 6.07) is 14.8. The Balaban J connectivity index is 1.41. The number of carbonyl (C=O) groups excluding carboxylic acids is 2. The van der Waals surface area contributed by atoms with Crippen molar-refractivity contribution in [3.05, 3.63) is 65.7 Å². The molecule has 2 aromatic carbocycles. The van der Waals surface area contributed by atoms with Gasteiger partial charge in [-0.05, 0) is 29.9 Å². The van der Waals surface area contributed by atoms with Gasteiger partial charge in [0.05, 0.1) is 0 Å². The van der Waals surface area contributed by atoms with Crippen LogP contribution < -0.4 is 15.4 Å². The van der Waals surface area contributed by atoms with Gasteiger partial charge in [-0.2, -0.15) is 13.2 Å². The molecule has 0 radical (unpaired) electrons. The van der Waals surface area contributed by atoms with E-state index in [1.54, 1.807) is 6.07 Å². The monoisotopic (exact) mass is 531 g/mol. The highest BCUT2D eigenvalue weighted by molar-refractivity contribution is 5.88. The van der Waals surface area contributed by atoms with E-state index in [1.807, 2.05) is 24.3 Å². The van der Waals surface area contributed by atoms with Crippen LogP contribution >= 0.6 is 0 Å². The molecule has 3 heterocycles. The van der Waals surface area contributed by atoms with Gasteiger partial charge in [-0.1, -0.05) is 48.5 Å². The van der Waals surface area contributed by atoms with E-state index in [2.05, 4.69) is 10.6 Å². The lowest BCUT2D eigenvalue weighted by molar-refractivity contribution is -0.271. The number of piperidine rings is 2. The molecule has 3 aliphatic rings. The van der Waals surface area contributed by atoms with Crippen molar-refractivity contribution in [1.82, 2.24) is 15.5 Å². The normalized spacial score (nSPS) is 23.3. The summed E-state index contributed by atoms with van der Waals surface area (Å²) < 4.78 is 54.7. The fraction of sp³-hybridized carbons (Fsp3) is 0.500. The minimum absolute atomic E-state index is 0.0762. The molecule has 204 valence electrons. The van der Waals surface area contributed by atoms with E-state index >= 15 is 0 Å². The van der Waals surface area contributed by atoms with Gasteiger partial charge in [0, 0.05) is 57.7 Å². The van der Waals surface area contributed by atoms with Crippen LogP contribution in [0.15, 0.2) is 54.6 Å². The van der Waals surface area contributed by atoms with Crippen LogP contribution in [0.2, 0.25) is 0 Å². The first-order chi connectivity index (χ1) is 18.2. The number of benzene rings is 2. The predicted molar refractivity (Wildman–Crippen MR) is 134 cm³/mol. The minimum atomic E-state index is -4.96. The van der Waals surface area contributed by atoms with Crippen molar-refractivity contribution >= 4 is 11.8 Å². The van der Waals surface area contributed by atoms with Crippen LogP contribution in [0.3, 0.4) is 0 Å². The van der Waals surface area contributed by atoms with Crippen LogP contribution in [0.1, 0.15) is 36.3 Å². The van der Waals surface area contributed by atoms with Crippen LogP contribution in [0.5, 0.6) is 5.75 Å². The summed E-state index contributed by atoms with van der Waals surface area (Å²) in [6.45, 7) is 2.11. The number of nitrogens with zero attached hydrogens (tertiary/aromatic N) is 1. The predicted octanol–water partition coefficient (Wildman–Crippen LogP) is 3.35. The van der Waals surface area contributed by atoms with Gasteiger partial charge in [-0.15, -0.1) is 0 Å². The average Bonchev–Trinajstić information content (AvgIpc) is 2.88. The highest BCUT2D eigenvalue weighted by Gasteiger charge is 2.64. The largest absolute Gasteiger partial charge is 0.487 e. The summed E-state index contributed by atoms with van der Waals surface area (Å²) in [5, 5.41) is 6.15. The highest BCUT2D eigenvalue weighted by Crippen LogP contribution is 2.52. The highest BCUT2D eigenvalue weighted by atomic mass is 19.4. The number of para-hydroxylation sites is 1. The first kappa shape index (κ1) is 26.5. The third-order valence-corrected chi connectivity index (χ3v) is 8.32. The van der Waals surface area contributed by atoms with Gasteiger partial charge in [0.1, 0.15) is 11.9 Å². The van der Waals surface area contributed by atoms with Crippen molar-refractivity contribution in [2.45, 2.75) is 43.1 Å². The van der Waals surface area contributed by atoms with E-state index in [1.165, 1.54) is 29.2 Å². The number of ether oxygens (including phenoxy) is 2. The van der Waals surface area contributed by atoms with E-state index in [4.69, 9.17) is 9.47 Å². The SMILES string of the molecule is CO[C@@](C(=O)N1CCC2(CC1)CC(=O)NCC2c1ccccc1OC1CNC1)(c1ccccc1)C(F)(F)F. The molecule has 5 rings (SSSR count). The molecule has 2 atom stereocenters. The topological polar surface area (TPSA) is 79.9 Å². The zero-order valence-corrected chi connectivity index (χ0v) is 21.2. The second kappa shape index (κ2) is 10.2. The van der Waals surface area contributed by atoms with Crippen molar-refractivity contribution in [1.29, 1.82) is 0 Å². The Hall–Kier alpha value is -3.11. The molecule has 1 spiro atoms. The van der Waals surface area contributed by atoms with Gasteiger partial charge in [0.15, 0.2) is 0 Å². The number of carbonyl (C=O) groups is 2. The van der Waals surface area contributed by atoms with E-state index < -0.39 is 23.1 Å². The molecule has 0 bridgehead atoms. The van der Waals surface area contributed by atoms with Gasteiger partial charge in [0.2, 0.25) is 5.91 Å². The maximum absolute atomic E-state index is 14.5. The maximum Gasteiger partial charge on any atom is 0.430 e. The van der Waals surface area contributed by atoms with Gasteiger partial charge < -0.3 is 25.0 Å². The van der Waals surface area contributed by atoms with Gasteiger partial charge in [0.25, 0.3) is 11.5 Å².